The van der Waals surface area contributed by atoms with Crippen LogP contribution in [0, 0.1) is 6.42 Å². The summed E-state index contributed by atoms with van der Waals surface area (Å²) in [6.45, 7) is 24.8. The van der Waals surface area contributed by atoms with Gasteiger partial charge in [-0.3, -0.25) is 37.5 Å². The van der Waals surface area contributed by atoms with Gasteiger partial charge in [-0.2, -0.15) is 13.8 Å². The maximum Gasteiger partial charge on any atom is 2.00 e. The first-order valence-corrected chi connectivity index (χ1v) is 51.6. The van der Waals surface area contributed by atoms with Crippen LogP contribution in [0.2, 0.25) is 28.8 Å². The van der Waals surface area contributed by atoms with Crippen molar-refractivity contribution in [3.05, 3.63) is 198 Å². The monoisotopic (exact) mass is 1890 g/mol. The molecule has 12 aromatic heterocycles. The average molecular weight is 1890 g/mol. The first-order valence-electron chi connectivity index (χ1n) is 40.1. The summed E-state index contributed by atoms with van der Waals surface area (Å²) >= 11 is 17.9. The topological polar surface area (TPSA) is 281 Å². The maximum atomic E-state index is 12.4. The van der Waals surface area contributed by atoms with Gasteiger partial charge in [0.15, 0.2) is 0 Å². The molecule has 2 aliphatic heterocycles. The summed E-state index contributed by atoms with van der Waals surface area (Å²) < 4.78 is 24.0. The molecule has 4 N–H and O–H groups in total. The van der Waals surface area contributed by atoms with Crippen LogP contribution in [0.1, 0.15) is 172 Å². The molecule has 118 heavy (non-hydrogen) atoms. The number of likely N-dealkylation sites (tertiary alicyclic amines) is 2. The molecule has 33 heteroatoms. The quantitative estimate of drug-likeness (QED) is 0.0598. The summed E-state index contributed by atoms with van der Waals surface area (Å²) in [5.41, 5.74) is 13.5. The van der Waals surface area contributed by atoms with Gasteiger partial charge in [-0.25, -0.2) is 49.5 Å². The minimum Gasteiger partial charge on any atom is -1.00 e. The van der Waals surface area contributed by atoms with Gasteiger partial charge in [0.1, 0.15) is 82.6 Å². The number of amides is 2. The number of pyridine rings is 4. The van der Waals surface area contributed by atoms with Gasteiger partial charge in [0.2, 0.25) is 0 Å². The smallest absolute Gasteiger partial charge is 1.00 e. The Bertz CT molecular complexity index is 4890. The molecule has 0 spiro atoms. The number of carbonyl (C=O) groups is 2. The fourth-order valence-electron chi connectivity index (χ4n) is 12.8. The van der Waals surface area contributed by atoms with Gasteiger partial charge < -0.3 is 54.5 Å². The Morgan fingerprint density at radius 3 is 1.24 bits per heavy atom. The molecular formula is C85H113BrCl5MgN21O4Sn. The largest absolute Gasteiger partial charge is 2.00 e. The summed E-state index contributed by atoms with van der Waals surface area (Å²) in [5.74, 6) is 1.54. The number of hydrogen-bond acceptors (Lipinski definition) is 19. The number of nitrogens with zero attached hydrogens (tertiary/aromatic N) is 18. The number of piperidine rings is 2. The fourth-order valence-corrected chi connectivity index (χ4v) is 27.0. The molecule has 1 saturated carbocycles. The van der Waals surface area contributed by atoms with E-state index in [1.54, 1.807) is 59.4 Å². The Hall–Kier alpha value is -7.33. The van der Waals surface area contributed by atoms with Crippen molar-refractivity contribution >= 4 is 146 Å². The number of nitrogens with two attached hydrogens (primary N) is 1. The SMILES string of the molecule is Brc1cnc2ccccn12.CC(C)(C)OC(=O)N1CCC[C@H](N)C1.CC(C)(C)OC(=O)N1CCC[C@H](Nc2cncc(-c3cnc4ccccn34)n2)C1.CCC[CH2][Sn]([Cl])([CH2]CCC)[CH2]CCC.C[CH-]C.Clc1cncc(-c2cnc3ccccn23)n1.Clc1cncc(Cl)n1.[Cl-].[Mg+2].c1ccn2c(-c3cncc(NC4CCCCC4)n3)cnc2c1. The second-order valence-corrected chi connectivity index (χ2v) is 48.7. The molecule has 1 aliphatic carbocycles. The van der Waals surface area contributed by atoms with Crippen LogP contribution in [-0.2, 0) is 9.47 Å². The molecule has 0 bridgehead atoms. The van der Waals surface area contributed by atoms with Gasteiger partial charge in [0.05, 0.1) is 91.4 Å². The molecule has 2 atom stereocenters. The molecule has 2 amide bonds. The molecule has 25 nitrogen and oxygen atoms in total. The molecule has 14 heterocycles. The van der Waals surface area contributed by atoms with Crippen molar-refractivity contribution in [2.24, 2.45) is 5.73 Å². The minimum atomic E-state index is -2.09. The summed E-state index contributed by atoms with van der Waals surface area (Å²) in [6.07, 6.45) is 48.0. The number of halogens is 6. The predicted octanol–water partition coefficient (Wildman–Crippen LogP) is 18.2. The molecule has 0 aromatic carbocycles. The molecule has 3 aliphatic rings. The molecule has 12 aromatic rings. The van der Waals surface area contributed by atoms with Crippen molar-refractivity contribution in [1.82, 2.24) is 87.2 Å². The number of rotatable bonds is 16. The Morgan fingerprint density at radius 1 is 0.492 bits per heavy atom. The van der Waals surface area contributed by atoms with Crippen molar-refractivity contribution in [3.8, 4) is 34.2 Å². The molecular weight excluding hydrogens is 1780 g/mol. The van der Waals surface area contributed by atoms with E-state index < -0.39 is 28.5 Å². The fraction of sp³-hybridized carbons (Fsp3) is 0.447. The Morgan fingerprint density at radius 2 is 0.847 bits per heavy atom. The van der Waals surface area contributed by atoms with Gasteiger partial charge >= 0.3 is 134 Å². The molecule has 2 saturated heterocycles. The number of nitrogens with one attached hydrogen (secondary N) is 2. The third kappa shape index (κ3) is 33.6. The van der Waals surface area contributed by atoms with Crippen LogP contribution in [0.25, 0.3) is 56.8 Å². The number of carbonyl (C=O) groups excluding carboxylic acids is 2. The third-order valence-electron chi connectivity index (χ3n) is 18.3. The number of anilines is 2. The predicted molar refractivity (Wildman–Crippen MR) is 481 cm³/mol. The van der Waals surface area contributed by atoms with E-state index >= 15 is 0 Å². The van der Waals surface area contributed by atoms with E-state index in [-0.39, 0.29) is 59.7 Å². The summed E-state index contributed by atoms with van der Waals surface area (Å²) in [5, 5.41) is 7.97. The van der Waals surface area contributed by atoms with Gasteiger partial charge in [-0.15, -0.1) is 0 Å². The van der Waals surface area contributed by atoms with Crippen molar-refractivity contribution in [2.45, 2.75) is 215 Å². The van der Waals surface area contributed by atoms with E-state index in [4.69, 9.17) is 68.9 Å². The third-order valence-corrected chi connectivity index (χ3v) is 33.9. The zero-order valence-electron chi connectivity index (χ0n) is 69.8. The average Bonchev–Trinajstić information content (AvgIpc) is 1.66. The van der Waals surface area contributed by atoms with Crippen LogP contribution < -0.4 is 28.8 Å². The first kappa shape index (κ1) is 99.5. The normalized spacial score (nSPS) is 14.6. The van der Waals surface area contributed by atoms with Crippen LogP contribution in [-0.4, -0.2) is 195 Å². The molecule has 0 unspecified atom stereocenters. The maximum absolute atomic E-state index is 12.4. The zero-order chi connectivity index (χ0) is 83.5. The van der Waals surface area contributed by atoms with Crippen LogP contribution in [0.3, 0.4) is 0 Å². The van der Waals surface area contributed by atoms with Gasteiger partial charge in [0.25, 0.3) is 0 Å². The Kier molecular flexibility index (Phi) is 43.4. The molecule has 3 fully saturated rings. The van der Waals surface area contributed by atoms with Crippen molar-refractivity contribution in [1.29, 1.82) is 0 Å². The second kappa shape index (κ2) is 51.4. The summed E-state index contributed by atoms with van der Waals surface area (Å²) in [4.78, 5) is 78.3. The van der Waals surface area contributed by atoms with Crippen molar-refractivity contribution in [3.63, 3.8) is 0 Å². The number of ether oxygens (including phenoxy) is 2. The minimum absolute atomic E-state index is 0. The molecule has 15 rings (SSSR count). The van der Waals surface area contributed by atoms with Crippen molar-refractivity contribution in [2.75, 3.05) is 36.8 Å². The van der Waals surface area contributed by atoms with Crippen LogP contribution in [0.5, 0.6) is 0 Å². The summed E-state index contributed by atoms with van der Waals surface area (Å²) in [6, 6.07) is 24.3. The van der Waals surface area contributed by atoms with Crippen LogP contribution >= 0.6 is 59.7 Å². The van der Waals surface area contributed by atoms with E-state index in [9.17, 15) is 9.59 Å². The number of unbranched alkanes of at least 4 members (excludes halogenated alkanes) is 3. The van der Waals surface area contributed by atoms with E-state index in [1.807, 2.05) is 183 Å². The number of hydrogen-bond donors (Lipinski definition) is 3. The number of aromatic nitrogens is 16. The number of fused-ring (bicyclic) bond motifs is 4. The van der Waals surface area contributed by atoms with E-state index in [2.05, 4.69) is 97.2 Å². The standard InChI is InChI=1S/C21H26N6O2.C17H19N5.C11H7ClN4.C10H20N2O2.C7H5BrN2.C4H2Cl2N2.3C4H9.C3H7.2ClH.Mg.Sn/c1-21(2,3)29-20(28)26-9-6-7-15(14-26)24-18-13-22-11-16(25-18)17-12-23-19-8-4-5-10-27(17)19;1-2-6-13(7-3-1)20-16-12-18-10-14(21-16)15-11-19-17-8-4-5-9-22(15)17;12-10-7-13-5-8(15-10)9-6-14-11-3-1-2-4-16(9)11;1-10(2,3)14-9(13)12-6-4-5-8(11)7-12;8-6-5-9-7-3-1-2-4-10(6)7;5-3-1-7-2-4(6)8-3;3*1-3-4-2;1-3-2;;;;/h4-5,8,10-13,15H,6-7,9,14H2,1-3H3,(H,24,25);4-5,8-13H,1-3,6-7H2,(H,20,21);1-7H;8H,4-7,11H2,1-3H3;1-5H;1-2H;3*1,3-4H2,2H3;3H,1-2H3;2*1H;;/q;;;;;;;;;-1;;;+2;+1/p-2/t15-;;;8-;;;;;;;;;;/m0..0........../s1. The number of imidazole rings is 4. The van der Waals surface area contributed by atoms with Crippen LogP contribution in [0.4, 0.5) is 21.2 Å². The van der Waals surface area contributed by atoms with E-state index in [0.717, 1.165) is 93.7 Å². The Labute approximate surface area is 748 Å². The van der Waals surface area contributed by atoms with Crippen LogP contribution in [0.15, 0.2) is 177 Å². The van der Waals surface area contributed by atoms with E-state index in [1.165, 1.54) is 103 Å². The first-order chi connectivity index (χ1) is 55.8. The Balaban J connectivity index is 0.000000219. The van der Waals surface area contributed by atoms with Gasteiger partial charge in [0, 0.05) is 69.1 Å². The molecule has 630 valence electrons. The van der Waals surface area contributed by atoms with Gasteiger partial charge in [-0.05, 0) is 145 Å². The molecule has 0 radical (unpaired) electrons. The van der Waals surface area contributed by atoms with Crippen molar-refractivity contribution < 1.29 is 31.5 Å². The second-order valence-electron chi connectivity index (χ2n) is 30.5. The summed E-state index contributed by atoms with van der Waals surface area (Å²) in [7, 11) is 6.89. The van der Waals surface area contributed by atoms with E-state index in [0.29, 0.717) is 52.6 Å². The zero-order valence-corrected chi connectivity index (χ0v) is 79.4. The van der Waals surface area contributed by atoms with Gasteiger partial charge in [-0.1, -0.05) is 78.3 Å².